The monoisotopic (exact) mass is 329 g/mol. The summed E-state index contributed by atoms with van der Waals surface area (Å²) in [6, 6.07) is 5.56. The Kier molecular flexibility index (Phi) is 7.93. The van der Waals surface area contributed by atoms with Crippen molar-refractivity contribution in [1.82, 2.24) is 4.90 Å². The zero-order valence-electron chi connectivity index (χ0n) is 12.9. The van der Waals surface area contributed by atoms with E-state index >= 15 is 0 Å². The molecule has 0 saturated heterocycles. The first-order valence-electron chi connectivity index (χ1n) is 7.02. The Hall–Kier alpha value is -0.910. The van der Waals surface area contributed by atoms with Crippen LogP contribution in [0.2, 0.25) is 5.02 Å². The van der Waals surface area contributed by atoms with Gasteiger partial charge in [-0.1, -0.05) is 18.5 Å². The summed E-state index contributed by atoms with van der Waals surface area (Å²) in [7, 11) is 2.06. The molecular weight excluding hydrogens is 306 g/mol. The Morgan fingerprint density at radius 2 is 2.24 bits per heavy atom. The first kappa shape index (κ1) is 18.1. The van der Waals surface area contributed by atoms with Gasteiger partial charge in [0.2, 0.25) is 5.91 Å². The Labute approximate surface area is 136 Å². The second kappa shape index (κ2) is 9.18. The van der Waals surface area contributed by atoms with Crippen LogP contribution in [0.4, 0.5) is 11.4 Å². The normalized spacial score (nSPS) is 12.4. The van der Waals surface area contributed by atoms with Gasteiger partial charge in [0.1, 0.15) is 0 Å². The molecule has 6 heteroatoms. The van der Waals surface area contributed by atoms with Crippen LogP contribution in [0.1, 0.15) is 19.8 Å². The molecule has 1 amide bonds. The molecule has 0 bridgehead atoms. The lowest BCUT2D eigenvalue weighted by Crippen LogP contribution is -2.35. The summed E-state index contributed by atoms with van der Waals surface area (Å²) in [5, 5.41) is 3.37. The molecule has 0 fully saturated rings. The molecule has 21 heavy (non-hydrogen) atoms. The number of thioether (sulfide) groups is 1. The lowest BCUT2D eigenvalue weighted by atomic mass is 10.2. The molecule has 0 aliphatic heterocycles. The molecule has 1 rings (SSSR count). The van der Waals surface area contributed by atoms with Crippen LogP contribution in [0.5, 0.6) is 0 Å². The Morgan fingerprint density at radius 3 is 2.86 bits per heavy atom. The molecule has 0 spiro atoms. The minimum absolute atomic E-state index is 0.0465. The van der Waals surface area contributed by atoms with Crippen LogP contribution in [0.3, 0.4) is 0 Å². The van der Waals surface area contributed by atoms with Gasteiger partial charge >= 0.3 is 0 Å². The predicted molar refractivity (Wildman–Crippen MR) is 94.2 cm³/mol. The smallest absolute Gasteiger partial charge is 0.225 e. The molecule has 1 aromatic rings. The molecule has 0 aliphatic carbocycles. The lowest BCUT2D eigenvalue weighted by molar-refractivity contribution is -0.116. The molecule has 1 unspecified atom stereocenters. The van der Waals surface area contributed by atoms with Crippen molar-refractivity contribution in [2.75, 3.05) is 36.7 Å². The van der Waals surface area contributed by atoms with Crippen molar-refractivity contribution in [3.63, 3.8) is 0 Å². The fraction of sp³-hybridized carbons (Fsp3) is 0.533. The Morgan fingerprint density at radius 1 is 1.52 bits per heavy atom. The molecule has 3 N–H and O–H groups in total. The van der Waals surface area contributed by atoms with E-state index in [1.807, 2.05) is 11.8 Å². The molecule has 0 aliphatic rings. The number of hydrogen-bond acceptors (Lipinski definition) is 4. The molecule has 118 valence electrons. The molecule has 0 heterocycles. The number of benzene rings is 1. The minimum atomic E-state index is -0.0465. The SMILES string of the molecule is CCC(CSC)N(C)CCC(=O)Nc1cc(Cl)ccc1N. The maximum atomic E-state index is 12.0. The summed E-state index contributed by atoms with van der Waals surface area (Å²) in [4.78, 5) is 14.2. The van der Waals surface area contributed by atoms with E-state index < -0.39 is 0 Å². The number of halogens is 1. The molecule has 1 atom stereocenters. The summed E-state index contributed by atoms with van der Waals surface area (Å²) in [5.74, 6) is 1.03. The van der Waals surface area contributed by atoms with Gasteiger partial charge in [0.05, 0.1) is 11.4 Å². The number of amides is 1. The van der Waals surface area contributed by atoms with Gasteiger partial charge in [-0.3, -0.25) is 4.79 Å². The van der Waals surface area contributed by atoms with E-state index in [4.69, 9.17) is 17.3 Å². The van der Waals surface area contributed by atoms with E-state index in [1.54, 1.807) is 18.2 Å². The van der Waals surface area contributed by atoms with Crippen molar-refractivity contribution in [3.05, 3.63) is 23.2 Å². The van der Waals surface area contributed by atoms with Crippen molar-refractivity contribution >= 4 is 40.6 Å². The van der Waals surface area contributed by atoms with Gasteiger partial charge in [0, 0.05) is 29.8 Å². The second-order valence-electron chi connectivity index (χ2n) is 5.03. The first-order valence-corrected chi connectivity index (χ1v) is 8.79. The molecule has 1 aromatic carbocycles. The standard InChI is InChI=1S/C15H24ClN3OS/c1-4-12(10-21-3)19(2)8-7-15(20)18-14-9-11(16)5-6-13(14)17/h5-6,9,12H,4,7-8,10,17H2,1-3H3,(H,18,20). The van der Waals surface area contributed by atoms with Gasteiger partial charge in [-0.15, -0.1) is 0 Å². The zero-order chi connectivity index (χ0) is 15.8. The Balaban J connectivity index is 2.48. The maximum absolute atomic E-state index is 12.0. The fourth-order valence-corrected chi connectivity index (χ4v) is 3.11. The van der Waals surface area contributed by atoms with Crippen LogP contribution in [0.25, 0.3) is 0 Å². The molecule has 4 nitrogen and oxygen atoms in total. The van der Waals surface area contributed by atoms with Crippen molar-refractivity contribution < 1.29 is 4.79 Å². The molecular formula is C15H24ClN3OS. The highest BCUT2D eigenvalue weighted by Gasteiger charge is 2.14. The van der Waals surface area contributed by atoms with E-state index in [0.29, 0.717) is 28.9 Å². The van der Waals surface area contributed by atoms with Gasteiger partial charge < -0.3 is 16.0 Å². The highest BCUT2D eigenvalue weighted by molar-refractivity contribution is 7.98. The van der Waals surface area contributed by atoms with Crippen LogP contribution in [0, 0.1) is 0 Å². The highest BCUT2D eigenvalue weighted by Crippen LogP contribution is 2.23. The third-order valence-corrected chi connectivity index (χ3v) is 4.39. The molecule has 0 saturated carbocycles. The average Bonchev–Trinajstić information content (AvgIpc) is 2.46. The first-order chi connectivity index (χ1) is 9.97. The van der Waals surface area contributed by atoms with Gasteiger partial charge in [0.15, 0.2) is 0 Å². The van der Waals surface area contributed by atoms with Gasteiger partial charge in [-0.05, 0) is 37.9 Å². The van der Waals surface area contributed by atoms with Gasteiger partial charge in [0.25, 0.3) is 0 Å². The number of rotatable bonds is 8. The number of nitrogens with zero attached hydrogens (tertiary/aromatic N) is 1. The predicted octanol–water partition coefficient (Wildman–Crippen LogP) is 3.32. The summed E-state index contributed by atoms with van der Waals surface area (Å²) in [6.45, 7) is 2.90. The Bertz CT molecular complexity index is 470. The van der Waals surface area contributed by atoms with E-state index in [2.05, 4.69) is 30.4 Å². The quantitative estimate of drug-likeness (QED) is 0.718. The van der Waals surface area contributed by atoms with E-state index in [-0.39, 0.29) is 5.91 Å². The van der Waals surface area contributed by atoms with E-state index in [9.17, 15) is 4.79 Å². The van der Waals surface area contributed by atoms with Crippen LogP contribution in [0.15, 0.2) is 18.2 Å². The van der Waals surface area contributed by atoms with E-state index in [0.717, 1.165) is 18.7 Å². The number of hydrogen-bond donors (Lipinski definition) is 2. The van der Waals surface area contributed by atoms with Crippen LogP contribution in [-0.2, 0) is 4.79 Å². The summed E-state index contributed by atoms with van der Waals surface area (Å²) < 4.78 is 0. The van der Waals surface area contributed by atoms with Crippen molar-refractivity contribution in [2.24, 2.45) is 0 Å². The number of nitrogens with one attached hydrogen (secondary N) is 1. The van der Waals surface area contributed by atoms with E-state index in [1.165, 1.54) is 0 Å². The zero-order valence-corrected chi connectivity index (χ0v) is 14.4. The number of nitrogens with two attached hydrogens (primary N) is 1. The third-order valence-electron chi connectivity index (χ3n) is 3.43. The summed E-state index contributed by atoms with van der Waals surface area (Å²) >= 11 is 7.74. The number of carbonyl (C=O) groups is 1. The number of carbonyl (C=O) groups excluding carboxylic acids is 1. The van der Waals surface area contributed by atoms with Crippen molar-refractivity contribution in [1.29, 1.82) is 0 Å². The third kappa shape index (κ3) is 6.16. The minimum Gasteiger partial charge on any atom is -0.397 e. The second-order valence-corrected chi connectivity index (χ2v) is 6.37. The number of anilines is 2. The maximum Gasteiger partial charge on any atom is 0.225 e. The van der Waals surface area contributed by atoms with Crippen LogP contribution >= 0.6 is 23.4 Å². The lowest BCUT2D eigenvalue weighted by Gasteiger charge is -2.26. The summed E-state index contributed by atoms with van der Waals surface area (Å²) in [6.07, 6.45) is 3.62. The fourth-order valence-electron chi connectivity index (χ4n) is 2.06. The van der Waals surface area contributed by atoms with Gasteiger partial charge in [-0.25, -0.2) is 0 Å². The molecule has 0 radical (unpaired) electrons. The highest BCUT2D eigenvalue weighted by atomic mass is 35.5. The van der Waals surface area contributed by atoms with Gasteiger partial charge in [-0.2, -0.15) is 11.8 Å². The average molecular weight is 330 g/mol. The van der Waals surface area contributed by atoms with Crippen molar-refractivity contribution in [3.8, 4) is 0 Å². The van der Waals surface area contributed by atoms with Crippen molar-refractivity contribution in [2.45, 2.75) is 25.8 Å². The summed E-state index contributed by atoms with van der Waals surface area (Å²) in [5.41, 5.74) is 6.91. The topological polar surface area (TPSA) is 58.4 Å². The number of nitrogen functional groups attached to an aromatic ring is 1. The van der Waals surface area contributed by atoms with Crippen LogP contribution in [-0.4, -0.2) is 42.4 Å². The largest absolute Gasteiger partial charge is 0.397 e. The molecule has 0 aromatic heterocycles. The van der Waals surface area contributed by atoms with Crippen LogP contribution < -0.4 is 11.1 Å².